The lowest BCUT2D eigenvalue weighted by Gasteiger charge is -2.22. The monoisotopic (exact) mass is 198 g/mol. The van der Waals surface area contributed by atoms with Crippen molar-refractivity contribution in [2.24, 2.45) is 17.8 Å². The van der Waals surface area contributed by atoms with Gasteiger partial charge in [0.05, 0.1) is 19.3 Å². The first-order valence-corrected chi connectivity index (χ1v) is 5.50. The van der Waals surface area contributed by atoms with Crippen molar-refractivity contribution in [3.63, 3.8) is 0 Å². The molecule has 1 saturated carbocycles. The van der Waals surface area contributed by atoms with Gasteiger partial charge in [-0.15, -0.1) is 0 Å². The molecule has 0 aromatic carbocycles. The number of hydrogen-bond donors (Lipinski definition) is 1. The second-order valence-electron chi connectivity index (χ2n) is 5.41. The summed E-state index contributed by atoms with van der Waals surface area (Å²) in [6.45, 7) is 7.88. The average Bonchev–Trinajstić information content (AvgIpc) is 2.53. The molecule has 3 heteroatoms. The van der Waals surface area contributed by atoms with Gasteiger partial charge in [0, 0.05) is 11.8 Å². The summed E-state index contributed by atoms with van der Waals surface area (Å²) in [4.78, 5) is 0. The van der Waals surface area contributed by atoms with Crippen LogP contribution in [0, 0.1) is 17.8 Å². The number of fused-ring (bicyclic) bond motifs is 3. The molecule has 3 aliphatic rings. The Bertz CT molecular complexity index is 278. The van der Waals surface area contributed by atoms with Crippen LogP contribution in [0.4, 0.5) is 0 Å². The lowest BCUT2D eigenvalue weighted by molar-refractivity contribution is 0.00996. The number of hydrogen-bond acceptors (Lipinski definition) is 3. The van der Waals surface area contributed by atoms with E-state index >= 15 is 0 Å². The van der Waals surface area contributed by atoms with Gasteiger partial charge < -0.3 is 14.6 Å². The quantitative estimate of drug-likeness (QED) is 0.634. The molecule has 0 amide bonds. The van der Waals surface area contributed by atoms with E-state index < -0.39 is 0 Å². The normalized spacial score (nSPS) is 60.2. The molecular weight excluding hydrogens is 180 g/mol. The highest BCUT2D eigenvalue weighted by molar-refractivity contribution is 5.29. The summed E-state index contributed by atoms with van der Waals surface area (Å²) < 4.78 is 11.3. The van der Waals surface area contributed by atoms with Gasteiger partial charge in [0.1, 0.15) is 11.2 Å². The molecule has 0 aromatic heterocycles. The fourth-order valence-electron chi connectivity index (χ4n) is 3.91. The van der Waals surface area contributed by atoms with E-state index in [0.29, 0.717) is 24.4 Å². The number of aliphatic hydroxyl groups excluding tert-OH is 1. The highest BCUT2D eigenvalue weighted by atomic mass is 16.7. The summed E-state index contributed by atoms with van der Waals surface area (Å²) >= 11 is 0. The Morgan fingerprint density at radius 2 is 2.07 bits per heavy atom. The summed E-state index contributed by atoms with van der Waals surface area (Å²) in [6, 6.07) is 0. The SMILES string of the molecule is CC(C)[C@]12O[C@@]1(C)[C@@H](O)[C@H]1COC[C@H]12. The molecule has 0 spiro atoms. The Balaban J connectivity index is 2.01. The van der Waals surface area contributed by atoms with Crippen LogP contribution in [0.3, 0.4) is 0 Å². The third-order valence-electron chi connectivity index (χ3n) is 4.62. The van der Waals surface area contributed by atoms with Gasteiger partial charge in [-0.1, -0.05) is 13.8 Å². The minimum Gasteiger partial charge on any atom is -0.390 e. The first-order chi connectivity index (χ1) is 6.54. The van der Waals surface area contributed by atoms with E-state index in [0.717, 1.165) is 6.61 Å². The van der Waals surface area contributed by atoms with Crippen LogP contribution in [0.2, 0.25) is 0 Å². The molecule has 1 N–H and O–H groups in total. The standard InChI is InChI=1S/C11H18O3/c1-6(2)11-8-5-13-4-7(8)9(12)10(11,3)14-11/h6-9,12H,4-5H2,1-3H3/t7-,8+,9-,10-,11+/m0/s1. The molecule has 2 saturated heterocycles. The molecule has 2 heterocycles. The minimum atomic E-state index is -0.336. The molecule has 0 bridgehead atoms. The summed E-state index contributed by atoms with van der Waals surface area (Å²) in [5.74, 6) is 1.16. The molecule has 14 heavy (non-hydrogen) atoms. The van der Waals surface area contributed by atoms with E-state index in [4.69, 9.17) is 9.47 Å². The van der Waals surface area contributed by atoms with Crippen molar-refractivity contribution in [3.8, 4) is 0 Å². The fourth-order valence-corrected chi connectivity index (χ4v) is 3.91. The van der Waals surface area contributed by atoms with Crippen LogP contribution in [-0.2, 0) is 9.47 Å². The van der Waals surface area contributed by atoms with E-state index in [1.54, 1.807) is 0 Å². The molecular formula is C11H18O3. The average molecular weight is 198 g/mol. The van der Waals surface area contributed by atoms with Crippen LogP contribution in [0.1, 0.15) is 20.8 Å². The largest absolute Gasteiger partial charge is 0.390 e. The summed E-state index contributed by atoms with van der Waals surface area (Å²) in [7, 11) is 0. The van der Waals surface area contributed by atoms with Crippen LogP contribution >= 0.6 is 0 Å². The third-order valence-corrected chi connectivity index (χ3v) is 4.62. The molecule has 5 atom stereocenters. The van der Waals surface area contributed by atoms with E-state index in [1.807, 2.05) is 0 Å². The Kier molecular flexibility index (Phi) is 1.53. The smallest absolute Gasteiger partial charge is 0.122 e. The van der Waals surface area contributed by atoms with E-state index in [1.165, 1.54) is 0 Å². The molecule has 3 fully saturated rings. The summed E-state index contributed by atoms with van der Waals surface area (Å²) in [5, 5.41) is 10.2. The van der Waals surface area contributed by atoms with Crippen molar-refractivity contribution in [1.82, 2.24) is 0 Å². The number of epoxide rings is 1. The molecule has 0 unspecified atom stereocenters. The zero-order valence-electron chi connectivity index (χ0n) is 8.99. The first kappa shape index (κ1) is 9.13. The molecule has 3 rings (SSSR count). The van der Waals surface area contributed by atoms with Gasteiger partial charge in [-0.05, 0) is 12.8 Å². The van der Waals surface area contributed by atoms with Crippen molar-refractivity contribution in [2.45, 2.75) is 38.1 Å². The Morgan fingerprint density at radius 1 is 1.36 bits per heavy atom. The minimum absolute atomic E-state index is 0.104. The lowest BCUT2D eigenvalue weighted by atomic mass is 9.80. The van der Waals surface area contributed by atoms with Gasteiger partial charge in [-0.3, -0.25) is 0 Å². The van der Waals surface area contributed by atoms with Crippen LogP contribution < -0.4 is 0 Å². The van der Waals surface area contributed by atoms with Crippen molar-refractivity contribution >= 4 is 0 Å². The van der Waals surface area contributed by atoms with Gasteiger partial charge in [0.2, 0.25) is 0 Å². The van der Waals surface area contributed by atoms with Crippen LogP contribution in [-0.4, -0.2) is 35.6 Å². The van der Waals surface area contributed by atoms with Gasteiger partial charge >= 0.3 is 0 Å². The van der Waals surface area contributed by atoms with Crippen molar-refractivity contribution in [2.75, 3.05) is 13.2 Å². The highest BCUT2D eigenvalue weighted by Crippen LogP contribution is 2.68. The zero-order valence-corrected chi connectivity index (χ0v) is 8.99. The molecule has 0 aromatic rings. The Hall–Kier alpha value is -0.120. The maximum atomic E-state index is 10.2. The van der Waals surface area contributed by atoms with E-state index in [9.17, 15) is 5.11 Å². The topological polar surface area (TPSA) is 42.0 Å². The summed E-state index contributed by atoms with van der Waals surface area (Å²) in [6.07, 6.45) is -0.336. The second-order valence-corrected chi connectivity index (χ2v) is 5.41. The van der Waals surface area contributed by atoms with Gasteiger partial charge in [0.25, 0.3) is 0 Å². The van der Waals surface area contributed by atoms with Crippen LogP contribution in [0.5, 0.6) is 0 Å². The number of ether oxygens (including phenoxy) is 2. The highest BCUT2D eigenvalue weighted by Gasteiger charge is 2.82. The maximum absolute atomic E-state index is 10.2. The summed E-state index contributed by atoms with van der Waals surface area (Å²) in [5.41, 5.74) is -0.395. The molecule has 80 valence electrons. The molecule has 3 nitrogen and oxygen atoms in total. The molecule has 1 aliphatic carbocycles. The van der Waals surface area contributed by atoms with Gasteiger partial charge in [-0.25, -0.2) is 0 Å². The van der Waals surface area contributed by atoms with Crippen LogP contribution in [0.15, 0.2) is 0 Å². The van der Waals surface area contributed by atoms with Gasteiger partial charge in [0.15, 0.2) is 0 Å². The predicted octanol–water partition coefficient (Wildman–Crippen LogP) is 0.807. The Morgan fingerprint density at radius 3 is 2.71 bits per heavy atom. The van der Waals surface area contributed by atoms with E-state index in [2.05, 4.69) is 20.8 Å². The van der Waals surface area contributed by atoms with Crippen molar-refractivity contribution < 1.29 is 14.6 Å². The van der Waals surface area contributed by atoms with Crippen molar-refractivity contribution in [1.29, 1.82) is 0 Å². The predicted molar refractivity (Wildman–Crippen MR) is 50.9 cm³/mol. The van der Waals surface area contributed by atoms with Crippen molar-refractivity contribution in [3.05, 3.63) is 0 Å². The zero-order chi connectivity index (χ0) is 10.1. The lowest BCUT2D eigenvalue weighted by Crippen LogP contribution is -2.34. The third kappa shape index (κ3) is 0.698. The number of rotatable bonds is 1. The van der Waals surface area contributed by atoms with Crippen LogP contribution in [0.25, 0.3) is 0 Å². The molecule has 2 aliphatic heterocycles. The van der Waals surface area contributed by atoms with E-state index in [-0.39, 0.29) is 17.3 Å². The number of aliphatic hydroxyl groups is 1. The fraction of sp³-hybridized carbons (Fsp3) is 1.00. The molecule has 0 radical (unpaired) electrons. The first-order valence-electron chi connectivity index (χ1n) is 5.50. The second kappa shape index (κ2) is 2.34. The Labute approximate surface area is 84.4 Å². The van der Waals surface area contributed by atoms with Gasteiger partial charge in [-0.2, -0.15) is 0 Å². The maximum Gasteiger partial charge on any atom is 0.122 e.